The van der Waals surface area contributed by atoms with E-state index in [9.17, 15) is 13.2 Å². The molecule has 4 aliphatic rings. The average molecular weight is 487 g/mol. The molecule has 0 aromatic rings. The molecule has 192 valence electrons. The Bertz CT molecular complexity index is 762. The SMILES string of the molecule is C#C.CC.CC.CC1C(OS(=O)(=O)O)CCC2(C)C1CCC1(C)C(C3CCC(=O)O3)CCC12. The smallest absolute Gasteiger partial charge is 0.397 e. The highest BCUT2D eigenvalue weighted by Crippen LogP contribution is 2.68. The first kappa shape index (κ1) is 29.9. The molecule has 4 rings (SSSR count). The lowest BCUT2D eigenvalue weighted by Gasteiger charge is -2.60. The van der Waals surface area contributed by atoms with Crippen LogP contribution in [-0.4, -0.2) is 31.1 Å². The Hall–Kier alpha value is -1.10. The standard InChI is InChI=1S/C20H32O6S.2C2H6.C2H2/c1-12-13-8-10-20(3)14(16-5-7-18(21)25-16)4-6-17(20)19(13,2)11-9-15(12)26-27(22,23)24;3*1-2/h12-17H,4-11H2,1-3H3,(H,22,23,24);2*1-2H3;1-2H. The minimum Gasteiger partial charge on any atom is -0.462 e. The number of terminal acetylenes is 1. The van der Waals surface area contributed by atoms with Crippen molar-refractivity contribution in [3.63, 3.8) is 0 Å². The summed E-state index contributed by atoms with van der Waals surface area (Å²) in [4.78, 5) is 11.7. The molecular formula is C26H46O6S. The highest BCUT2D eigenvalue weighted by Gasteiger charge is 2.63. The Kier molecular flexibility index (Phi) is 10.9. The van der Waals surface area contributed by atoms with Gasteiger partial charge in [0.1, 0.15) is 6.10 Å². The molecule has 3 aliphatic carbocycles. The van der Waals surface area contributed by atoms with Crippen molar-refractivity contribution in [2.24, 2.45) is 34.5 Å². The van der Waals surface area contributed by atoms with Crippen molar-refractivity contribution in [3.05, 3.63) is 0 Å². The highest BCUT2D eigenvalue weighted by atomic mass is 32.3. The molecule has 8 unspecified atom stereocenters. The van der Waals surface area contributed by atoms with Crippen molar-refractivity contribution in [2.75, 3.05) is 0 Å². The zero-order valence-corrected chi connectivity index (χ0v) is 22.5. The molecule has 0 amide bonds. The van der Waals surface area contributed by atoms with Gasteiger partial charge in [-0.1, -0.05) is 48.5 Å². The lowest BCUT2D eigenvalue weighted by atomic mass is 9.45. The molecule has 1 N–H and O–H groups in total. The van der Waals surface area contributed by atoms with E-state index in [0.717, 1.165) is 38.5 Å². The van der Waals surface area contributed by atoms with Gasteiger partial charge in [-0.2, -0.15) is 8.42 Å². The maximum absolute atomic E-state index is 11.7. The van der Waals surface area contributed by atoms with E-state index in [1.807, 2.05) is 27.7 Å². The van der Waals surface area contributed by atoms with Crippen LogP contribution in [0.2, 0.25) is 0 Å². The summed E-state index contributed by atoms with van der Waals surface area (Å²) in [7, 11) is -4.42. The Morgan fingerprint density at radius 1 is 0.939 bits per heavy atom. The van der Waals surface area contributed by atoms with Crippen molar-refractivity contribution in [3.8, 4) is 12.8 Å². The molecule has 0 aromatic carbocycles. The van der Waals surface area contributed by atoms with E-state index in [4.69, 9.17) is 13.5 Å². The minimum atomic E-state index is -4.42. The highest BCUT2D eigenvalue weighted by molar-refractivity contribution is 7.80. The van der Waals surface area contributed by atoms with E-state index in [1.54, 1.807) is 0 Å². The van der Waals surface area contributed by atoms with E-state index < -0.39 is 16.5 Å². The molecule has 0 radical (unpaired) electrons. The Morgan fingerprint density at radius 3 is 2.00 bits per heavy atom. The van der Waals surface area contributed by atoms with Gasteiger partial charge in [0, 0.05) is 12.3 Å². The molecule has 33 heavy (non-hydrogen) atoms. The van der Waals surface area contributed by atoms with Crippen LogP contribution >= 0.6 is 0 Å². The molecule has 0 aromatic heterocycles. The van der Waals surface area contributed by atoms with Crippen LogP contribution in [0.1, 0.15) is 99.8 Å². The summed E-state index contributed by atoms with van der Waals surface area (Å²) in [5.74, 6) is 1.43. The number of carbonyl (C=O) groups is 1. The van der Waals surface area contributed by atoms with Gasteiger partial charge in [-0.3, -0.25) is 9.35 Å². The molecule has 1 saturated heterocycles. The number of fused-ring (bicyclic) bond motifs is 3. The van der Waals surface area contributed by atoms with Crippen LogP contribution in [0.25, 0.3) is 0 Å². The summed E-state index contributed by atoms with van der Waals surface area (Å²) in [5.41, 5.74) is 0.319. The van der Waals surface area contributed by atoms with Crippen LogP contribution in [0.5, 0.6) is 0 Å². The van der Waals surface area contributed by atoms with E-state index in [2.05, 4.69) is 33.6 Å². The number of cyclic esters (lactones) is 1. The molecule has 4 fully saturated rings. The fourth-order valence-corrected chi connectivity index (χ4v) is 8.28. The summed E-state index contributed by atoms with van der Waals surface area (Å²) < 4.78 is 42.3. The van der Waals surface area contributed by atoms with Gasteiger partial charge in [-0.05, 0) is 73.5 Å². The first-order valence-corrected chi connectivity index (χ1v) is 14.1. The van der Waals surface area contributed by atoms with Crippen LogP contribution in [0.15, 0.2) is 0 Å². The lowest BCUT2D eigenvalue weighted by molar-refractivity contribution is -0.152. The van der Waals surface area contributed by atoms with Gasteiger partial charge in [-0.15, -0.1) is 12.8 Å². The summed E-state index contributed by atoms with van der Waals surface area (Å²) in [6, 6.07) is 0. The second-order valence-electron chi connectivity index (χ2n) is 9.92. The average Bonchev–Trinajstić information content (AvgIpc) is 3.37. The molecule has 8 atom stereocenters. The first-order valence-electron chi connectivity index (χ1n) is 12.7. The van der Waals surface area contributed by atoms with Gasteiger partial charge in [0.2, 0.25) is 0 Å². The van der Waals surface area contributed by atoms with E-state index in [0.29, 0.717) is 30.6 Å². The van der Waals surface area contributed by atoms with Crippen LogP contribution in [0.3, 0.4) is 0 Å². The van der Waals surface area contributed by atoms with Crippen LogP contribution in [0, 0.1) is 47.3 Å². The normalized spacial score (nSPS) is 41.5. The fraction of sp³-hybridized carbons (Fsp3) is 0.885. The second kappa shape index (κ2) is 12.0. The van der Waals surface area contributed by atoms with Gasteiger partial charge in [0.05, 0.1) is 6.10 Å². The summed E-state index contributed by atoms with van der Waals surface area (Å²) in [6.07, 6.45) is 15.0. The number of ether oxygens (including phenoxy) is 1. The molecule has 0 bridgehead atoms. The van der Waals surface area contributed by atoms with Gasteiger partial charge >= 0.3 is 16.4 Å². The minimum absolute atomic E-state index is 0.0524. The molecule has 1 aliphatic heterocycles. The molecule has 6 nitrogen and oxygen atoms in total. The zero-order valence-electron chi connectivity index (χ0n) is 21.7. The van der Waals surface area contributed by atoms with Crippen molar-refractivity contribution in [2.45, 2.75) is 112 Å². The van der Waals surface area contributed by atoms with Crippen LogP contribution < -0.4 is 0 Å². The molecule has 3 saturated carbocycles. The maximum atomic E-state index is 11.7. The zero-order chi connectivity index (χ0) is 25.6. The lowest BCUT2D eigenvalue weighted by Crippen LogP contribution is -2.55. The Labute approximate surface area is 202 Å². The summed E-state index contributed by atoms with van der Waals surface area (Å²) in [5, 5.41) is 0. The van der Waals surface area contributed by atoms with Gasteiger partial charge < -0.3 is 4.74 Å². The fourth-order valence-electron chi connectivity index (χ4n) is 7.69. The molecule has 1 heterocycles. The topological polar surface area (TPSA) is 89.9 Å². The summed E-state index contributed by atoms with van der Waals surface area (Å²) in [6.45, 7) is 14.9. The van der Waals surface area contributed by atoms with Crippen molar-refractivity contribution < 1.29 is 26.7 Å². The first-order chi connectivity index (χ1) is 15.5. The third kappa shape index (κ3) is 5.94. The van der Waals surface area contributed by atoms with Crippen molar-refractivity contribution in [1.82, 2.24) is 0 Å². The van der Waals surface area contributed by atoms with E-state index >= 15 is 0 Å². The predicted molar refractivity (Wildman–Crippen MR) is 132 cm³/mol. The second-order valence-corrected chi connectivity index (χ2v) is 11.0. The maximum Gasteiger partial charge on any atom is 0.397 e. The van der Waals surface area contributed by atoms with Gasteiger partial charge in [0.25, 0.3) is 0 Å². The third-order valence-electron chi connectivity index (χ3n) is 8.84. The van der Waals surface area contributed by atoms with Gasteiger partial charge in [0.15, 0.2) is 0 Å². The number of hydrogen-bond acceptors (Lipinski definition) is 5. The van der Waals surface area contributed by atoms with Crippen molar-refractivity contribution >= 4 is 16.4 Å². The predicted octanol–water partition coefficient (Wildman–Crippen LogP) is 6.06. The Morgan fingerprint density at radius 2 is 1.48 bits per heavy atom. The number of hydrogen-bond donors (Lipinski definition) is 1. The number of carbonyl (C=O) groups excluding carboxylic acids is 1. The van der Waals surface area contributed by atoms with Crippen molar-refractivity contribution in [1.29, 1.82) is 0 Å². The number of esters is 1. The summed E-state index contributed by atoms with van der Waals surface area (Å²) >= 11 is 0. The molecule has 0 spiro atoms. The monoisotopic (exact) mass is 486 g/mol. The van der Waals surface area contributed by atoms with Crippen LogP contribution in [-0.2, 0) is 24.1 Å². The quantitative estimate of drug-likeness (QED) is 0.296. The molecular weight excluding hydrogens is 440 g/mol. The van der Waals surface area contributed by atoms with Crippen LogP contribution in [0.4, 0.5) is 0 Å². The largest absolute Gasteiger partial charge is 0.462 e. The third-order valence-corrected chi connectivity index (χ3v) is 9.34. The van der Waals surface area contributed by atoms with E-state index in [1.165, 1.54) is 0 Å². The van der Waals surface area contributed by atoms with Gasteiger partial charge in [-0.25, -0.2) is 4.18 Å². The number of rotatable bonds is 3. The molecule has 7 heteroatoms. The van der Waals surface area contributed by atoms with E-state index in [-0.39, 0.29) is 28.8 Å². The Balaban J connectivity index is 0.000000841.